The molecule has 1 heteroatoms. The zero-order valence-corrected chi connectivity index (χ0v) is 11.5. The molecule has 1 aromatic carbocycles. The molecule has 0 saturated carbocycles. The van der Waals surface area contributed by atoms with Crippen LogP contribution in [0.15, 0.2) is 30.3 Å². The SMILES string of the molecule is CC.CC.C[N+](C)(C)Cc1ccccc1. The maximum absolute atomic E-state index is 2.20. The van der Waals surface area contributed by atoms with E-state index >= 15 is 0 Å². The van der Waals surface area contributed by atoms with Gasteiger partial charge in [0, 0.05) is 5.56 Å². The van der Waals surface area contributed by atoms with Crippen LogP contribution < -0.4 is 0 Å². The minimum Gasteiger partial charge on any atom is -0.327 e. The van der Waals surface area contributed by atoms with E-state index in [0.717, 1.165) is 11.0 Å². The Morgan fingerprint density at radius 2 is 1.20 bits per heavy atom. The van der Waals surface area contributed by atoms with Gasteiger partial charge < -0.3 is 4.48 Å². The minimum atomic E-state index is 0.990. The standard InChI is InChI=1S/C10H16N.2C2H6/c1-11(2,3)9-10-7-5-4-6-8-10;2*1-2/h4-8H,9H2,1-3H3;2*1-2H3/q+1;;. The maximum atomic E-state index is 2.20. The molecule has 88 valence electrons. The van der Waals surface area contributed by atoms with Crippen LogP contribution in [0.4, 0.5) is 0 Å². The Labute approximate surface area is 96.3 Å². The van der Waals surface area contributed by atoms with E-state index < -0.39 is 0 Å². The van der Waals surface area contributed by atoms with Crippen LogP contribution in [0.5, 0.6) is 0 Å². The first-order valence-corrected chi connectivity index (χ1v) is 5.92. The lowest BCUT2D eigenvalue weighted by molar-refractivity contribution is -0.884. The molecule has 0 spiro atoms. The van der Waals surface area contributed by atoms with Crippen molar-refractivity contribution in [2.75, 3.05) is 21.1 Å². The molecule has 0 N–H and O–H groups in total. The van der Waals surface area contributed by atoms with Gasteiger partial charge in [-0.2, -0.15) is 0 Å². The third kappa shape index (κ3) is 11.1. The van der Waals surface area contributed by atoms with Crippen molar-refractivity contribution in [2.45, 2.75) is 34.2 Å². The van der Waals surface area contributed by atoms with Crippen LogP contribution in [0.25, 0.3) is 0 Å². The van der Waals surface area contributed by atoms with E-state index in [1.165, 1.54) is 5.56 Å². The fourth-order valence-electron chi connectivity index (χ4n) is 1.13. The van der Waals surface area contributed by atoms with Crippen LogP contribution in [-0.2, 0) is 6.54 Å². The van der Waals surface area contributed by atoms with Crippen molar-refractivity contribution in [2.24, 2.45) is 0 Å². The van der Waals surface area contributed by atoms with Crippen LogP contribution in [0.2, 0.25) is 0 Å². The second-order valence-electron chi connectivity index (χ2n) is 3.93. The molecule has 0 aliphatic heterocycles. The smallest absolute Gasteiger partial charge is 0.104 e. The van der Waals surface area contributed by atoms with Gasteiger partial charge in [-0.05, 0) is 0 Å². The van der Waals surface area contributed by atoms with E-state index in [-0.39, 0.29) is 0 Å². The second-order valence-corrected chi connectivity index (χ2v) is 3.93. The molecule has 0 aliphatic carbocycles. The molecular weight excluding hydrogens is 182 g/mol. The molecule has 0 fully saturated rings. The lowest BCUT2D eigenvalue weighted by Crippen LogP contribution is -2.33. The summed E-state index contributed by atoms with van der Waals surface area (Å²) in [5.41, 5.74) is 1.40. The van der Waals surface area contributed by atoms with Gasteiger partial charge in [-0.1, -0.05) is 58.0 Å². The molecule has 0 saturated heterocycles. The highest BCUT2D eigenvalue weighted by atomic mass is 15.3. The van der Waals surface area contributed by atoms with Crippen molar-refractivity contribution in [3.63, 3.8) is 0 Å². The van der Waals surface area contributed by atoms with Gasteiger partial charge in [0.05, 0.1) is 21.1 Å². The molecule has 0 aromatic heterocycles. The molecule has 0 unspecified atom stereocenters. The molecule has 0 aliphatic rings. The van der Waals surface area contributed by atoms with Crippen molar-refractivity contribution in [1.29, 1.82) is 0 Å². The van der Waals surface area contributed by atoms with Crippen molar-refractivity contribution < 1.29 is 4.48 Å². The third-order valence-electron chi connectivity index (χ3n) is 1.50. The number of hydrogen-bond acceptors (Lipinski definition) is 0. The monoisotopic (exact) mass is 210 g/mol. The van der Waals surface area contributed by atoms with E-state index in [0.29, 0.717) is 0 Å². The first-order chi connectivity index (χ1) is 7.08. The van der Waals surface area contributed by atoms with Gasteiger partial charge in [0.25, 0.3) is 0 Å². The van der Waals surface area contributed by atoms with Crippen molar-refractivity contribution in [3.8, 4) is 0 Å². The summed E-state index contributed by atoms with van der Waals surface area (Å²) in [6.07, 6.45) is 0. The molecule has 1 aromatic rings. The summed E-state index contributed by atoms with van der Waals surface area (Å²) in [5.74, 6) is 0. The summed E-state index contributed by atoms with van der Waals surface area (Å²) in [5, 5.41) is 0. The molecule has 1 nitrogen and oxygen atoms in total. The Bertz CT molecular complexity index is 209. The van der Waals surface area contributed by atoms with Crippen LogP contribution in [0.3, 0.4) is 0 Å². The lowest BCUT2D eigenvalue weighted by atomic mass is 10.2. The van der Waals surface area contributed by atoms with E-state index in [9.17, 15) is 0 Å². The van der Waals surface area contributed by atoms with Gasteiger partial charge in [-0.15, -0.1) is 0 Å². The summed E-state index contributed by atoms with van der Waals surface area (Å²) in [6, 6.07) is 10.6. The van der Waals surface area contributed by atoms with E-state index in [2.05, 4.69) is 51.5 Å². The molecule has 0 bridgehead atoms. The highest BCUT2D eigenvalue weighted by Crippen LogP contribution is 2.04. The molecule has 0 heterocycles. The van der Waals surface area contributed by atoms with Gasteiger partial charge in [0.2, 0.25) is 0 Å². The minimum absolute atomic E-state index is 0.990. The molecule has 15 heavy (non-hydrogen) atoms. The number of benzene rings is 1. The van der Waals surface area contributed by atoms with E-state index in [1.54, 1.807) is 0 Å². The quantitative estimate of drug-likeness (QED) is 0.649. The number of nitrogens with zero attached hydrogens (tertiary/aromatic N) is 1. The van der Waals surface area contributed by atoms with Gasteiger partial charge in [0.15, 0.2) is 0 Å². The molecule has 0 amide bonds. The largest absolute Gasteiger partial charge is 0.327 e. The zero-order valence-electron chi connectivity index (χ0n) is 11.5. The van der Waals surface area contributed by atoms with Gasteiger partial charge >= 0.3 is 0 Å². The van der Waals surface area contributed by atoms with Crippen LogP contribution in [-0.4, -0.2) is 25.6 Å². The fourth-order valence-corrected chi connectivity index (χ4v) is 1.13. The van der Waals surface area contributed by atoms with Crippen LogP contribution >= 0.6 is 0 Å². The summed E-state index contributed by atoms with van der Waals surface area (Å²) in [4.78, 5) is 0. The first-order valence-electron chi connectivity index (χ1n) is 5.92. The van der Waals surface area contributed by atoms with E-state index in [4.69, 9.17) is 0 Å². The maximum Gasteiger partial charge on any atom is 0.104 e. The van der Waals surface area contributed by atoms with E-state index in [1.807, 2.05) is 27.7 Å². The van der Waals surface area contributed by atoms with Crippen LogP contribution in [0.1, 0.15) is 33.3 Å². The highest BCUT2D eigenvalue weighted by molar-refractivity contribution is 5.13. The third-order valence-corrected chi connectivity index (χ3v) is 1.50. The predicted molar refractivity (Wildman–Crippen MR) is 70.9 cm³/mol. The molecule has 0 radical (unpaired) electrons. The Morgan fingerprint density at radius 3 is 1.53 bits per heavy atom. The molecular formula is C14H28N+. The van der Waals surface area contributed by atoms with Gasteiger partial charge in [0.1, 0.15) is 6.54 Å². The number of hydrogen-bond donors (Lipinski definition) is 0. The summed E-state index contributed by atoms with van der Waals surface area (Å²) < 4.78 is 0.990. The number of rotatable bonds is 2. The Kier molecular flexibility index (Phi) is 10.8. The highest BCUT2D eigenvalue weighted by Gasteiger charge is 2.06. The van der Waals surface area contributed by atoms with Crippen molar-refractivity contribution >= 4 is 0 Å². The second kappa shape index (κ2) is 9.72. The normalized spacial score (nSPS) is 9.27. The average Bonchev–Trinajstić information content (AvgIpc) is 2.23. The van der Waals surface area contributed by atoms with Crippen molar-refractivity contribution in [1.82, 2.24) is 0 Å². The summed E-state index contributed by atoms with van der Waals surface area (Å²) in [6.45, 7) is 9.10. The molecule has 1 rings (SSSR count). The summed E-state index contributed by atoms with van der Waals surface area (Å²) in [7, 11) is 6.60. The van der Waals surface area contributed by atoms with Crippen LogP contribution in [0, 0.1) is 0 Å². The Morgan fingerprint density at radius 1 is 0.800 bits per heavy atom. The Hall–Kier alpha value is -0.820. The van der Waals surface area contributed by atoms with Crippen molar-refractivity contribution in [3.05, 3.63) is 35.9 Å². The first kappa shape index (κ1) is 16.6. The fraction of sp³-hybridized carbons (Fsp3) is 0.571. The average molecular weight is 210 g/mol. The number of quaternary nitrogens is 1. The van der Waals surface area contributed by atoms with Gasteiger partial charge in [-0.25, -0.2) is 0 Å². The summed E-state index contributed by atoms with van der Waals surface area (Å²) >= 11 is 0. The Balaban J connectivity index is 0. The topological polar surface area (TPSA) is 0 Å². The molecule has 0 atom stereocenters. The lowest BCUT2D eigenvalue weighted by Gasteiger charge is -2.23. The van der Waals surface area contributed by atoms with Gasteiger partial charge in [-0.3, -0.25) is 0 Å². The zero-order chi connectivity index (χ0) is 12.3. The predicted octanol–water partition coefficient (Wildman–Crippen LogP) is 3.95.